The van der Waals surface area contributed by atoms with Crippen LogP contribution in [0.1, 0.15) is 29.2 Å². The highest BCUT2D eigenvalue weighted by Crippen LogP contribution is 2.33. The number of rotatable bonds is 3. The maximum atomic E-state index is 13.4. The van der Waals surface area contributed by atoms with E-state index >= 15 is 0 Å². The summed E-state index contributed by atoms with van der Waals surface area (Å²) in [7, 11) is 0. The molecule has 5 nitrogen and oxygen atoms in total. The lowest BCUT2D eigenvalue weighted by Gasteiger charge is -2.32. The number of benzene rings is 1. The van der Waals surface area contributed by atoms with Crippen LogP contribution in [-0.2, 0) is 12.7 Å². The van der Waals surface area contributed by atoms with Gasteiger partial charge in [0.2, 0.25) is 5.82 Å². The molecule has 3 aromatic rings. The number of alkyl halides is 3. The summed E-state index contributed by atoms with van der Waals surface area (Å²) in [6.07, 6.45) is -1.79. The lowest BCUT2D eigenvalue weighted by molar-refractivity contribution is -0.147. The van der Waals surface area contributed by atoms with Crippen LogP contribution in [0.4, 0.5) is 13.2 Å². The Bertz CT molecular complexity index is 939. The molecule has 1 fully saturated rings. The number of hydrogen-bond donors (Lipinski definition) is 0. The second kappa shape index (κ2) is 6.75. The fraction of sp³-hybridized carbons (Fsp3) is 0.368. The molecule has 0 aliphatic carbocycles. The minimum Gasteiger partial charge on any atom is -0.459 e. The lowest BCUT2D eigenvalue weighted by Crippen LogP contribution is -2.39. The van der Waals surface area contributed by atoms with Crippen molar-refractivity contribution in [2.45, 2.75) is 25.6 Å². The fourth-order valence-electron chi connectivity index (χ4n) is 3.61. The van der Waals surface area contributed by atoms with Crippen molar-refractivity contribution in [1.82, 2.24) is 14.5 Å². The Hall–Kier alpha value is -2.77. The van der Waals surface area contributed by atoms with Gasteiger partial charge in [-0.1, -0.05) is 12.1 Å². The average Bonchev–Trinajstić information content (AvgIpc) is 3.30. The zero-order chi connectivity index (χ0) is 19.0. The van der Waals surface area contributed by atoms with Crippen LogP contribution >= 0.6 is 0 Å². The van der Waals surface area contributed by atoms with Crippen molar-refractivity contribution in [3.8, 4) is 0 Å². The third-order valence-corrected chi connectivity index (χ3v) is 4.98. The summed E-state index contributed by atoms with van der Waals surface area (Å²) < 4.78 is 46.7. The van der Waals surface area contributed by atoms with Gasteiger partial charge in [0, 0.05) is 19.6 Å². The number of hydrogen-bond acceptors (Lipinski definition) is 3. The van der Waals surface area contributed by atoms with Crippen molar-refractivity contribution < 1.29 is 22.4 Å². The number of carbonyl (C=O) groups excluding carboxylic acids is 1. The van der Waals surface area contributed by atoms with Crippen molar-refractivity contribution >= 4 is 16.9 Å². The highest BCUT2D eigenvalue weighted by atomic mass is 19.4. The lowest BCUT2D eigenvalue weighted by atomic mass is 9.96. The zero-order valence-electron chi connectivity index (χ0n) is 14.4. The molecule has 0 N–H and O–H groups in total. The molecule has 0 atom stereocenters. The van der Waals surface area contributed by atoms with Gasteiger partial charge in [-0.25, -0.2) is 4.98 Å². The van der Waals surface area contributed by atoms with Gasteiger partial charge < -0.3 is 13.9 Å². The standard InChI is InChI=1S/C19H18F3N3O2/c20-19(21,22)18-23-14-4-1-2-5-15(14)25(18)12-13-7-9-24(10-8-13)17(26)16-6-3-11-27-16/h1-6,11,13H,7-10,12H2. The van der Waals surface area contributed by atoms with E-state index < -0.39 is 12.0 Å². The van der Waals surface area contributed by atoms with Crippen molar-refractivity contribution in [2.75, 3.05) is 13.1 Å². The molecule has 0 bridgehead atoms. The molecular weight excluding hydrogens is 359 g/mol. The smallest absolute Gasteiger partial charge is 0.449 e. The molecule has 8 heteroatoms. The number of halogens is 3. The number of carbonyl (C=O) groups is 1. The van der Waals surface area contributed by atoms with Gasteiger partial charge in [-0.15, -0.1) is 0 Å². The van der Waals surface area contributed by atoms with Gasteiger partial charge >= 0.3 is 6.18 Å². The topological polar surface area (TPSA) is 51.3 Å². The van der Waals surface area contributed by atoms with E-state index in [0.717, 1.165) is 0 Å². The van der Waals surface area contributed by atoms with Crippen LogP contribution in [0.15, 0.2) is 47.1 Å². The van der Waals surface area contributed by atoms with Gasteiger partial charge in [0.25, 0.3) is 5.91 Å². The van der Waals surface area contributed by atoms with E-state index in [1.165, 1.54) is 10.8 Å². The molecule has 142 valence electrons. The molecule has 0 saturated carbocycles. The summed E-state index contributed by atoms with van der Waals surface area (Å²) in [6.45, 7) is 1.23. The van der Waals surface area contributed by atoms with Gasteiger partial charge in [-0.3, -0.25) is 4.79 Å². The molecule has 3 heterocycles. The summed E-state index contributed by atoms with van der Waals surface area (Å²) in [5.41, 5.74) is 0.828. The quantitative estimate of drug-likeness (QED) is 0.687. The molecule has 1 aliphatic heterocycles. The Morgan fingerprint density at radius 2 is 1.89 bits per heavy atom. The summed E-state index contributed by atoms with van der Waals surface area (Å²) in [5, 5.41) is 0. The van der Waals surface area contributed by atoms with Crippen LogP contribution in [0, 0.1) is 5.92 Å². The third-order valence-electron chi connectivity index (χ3n) is 4.98. The summed E-state index contributed by atoms with van der Waals surface area (Å²) >= 11 is 0. The number of aromatic nitrogens is 2. The molecule has 0 radical (unpaired) electrons. The minimum atomic E-state index is -4.50. The second-order valence-corrected chi connectivity index (χ2v) is 6.75. The van der Waals surface area contributed by atoms with E-state index in [1.807, 2.05) is 0 Å². The maximum Gasteiger partial charge on any atom is 0.449 e. The van der Waals surface area contributed by atoms with Gasteiger partial charge in [0.15, 0.2) is 5.76 Å². The Labute approximate surface area is 153 Å². The van der Waals surface area contributed by atoms with Crippen LogP contribution in [-0.4, -0.2) is 33.4 Å². The average molecular weight is 377 g/mol. The van der Waals surface area contributed by atoms with Crippen molar-refractivity contribution in [3.05, 3.63) is 54.2 Å². The number of para-hydroxylation sites is 2. The van der Waals surface area contributed by atoms with Gasteiger partial charge in [-0.2, -0.15) is 13.2 Å². The van der Waals surface area contributed by atoms with Crippen LogP contribution in [0.3, 0.4) is 0 Å². The van der Waals surface area contributed by atoms with Gasteiger partial charge in [0.05, 0.1) is 17.3 Å². The second-order valence-electron chi connectivity index (χ2n) is 6.75. The van der Waals surface area contributed by atoms with E-state index in [9.17, 15) is 18.0 Å². The maximum absolute atomic E-state index is 13.4. The van der Waals surface area contributed by atoms with Crippen LogP contribution in [0.5, 0.6) is 0 Å². The van der Waals surface area contributed by atoms with Gasteiger partial charge in [0.1, 0.15) is 0 Å². The Kier molecular flexibility index (Phi) is 4.41. The van der Waals surface area contributed by atoms with Crippen molar-refractivity contribution in [3.63, 3.8) is 0 Å². The number of amides is 1. The summed E-state index contributed by atoms with van der Waals surface area (Å²) in [6, 6.07) is 9.91. The zero-order valence-corrected chi connectivity index (χ0v) is 14.4. The molecule has 0 spiro atoms. The monoisotopic (exact) mass is 377 g/mol. The molecule has 2 aromatic heterocycles. The first-order valence-electron chi connectivity index (χ1n) is 8.79. The molecular formula is C19H18F3N3O2. The summed E-state index contributed by atoms with van der Waals surface area (Å²) in [5.74, 6) is -0.710. The fourth-order valence-corrected chi connectivity index (χ4v) is 3.61. The van der Waals surface area contributed by atoms with E-state index in [4.69, 9.17) is 4.42 Å². The van der Waals surface area contributed by atoms with Crippen LogP contribution in [0.2, 0.25) is 0 Å². The van der Waals surface area contributed by atoms with E-state index in [-0.39, 0.29) is 24.1 Å². The number of furan rings is 1. The van der Waals surface area contributed by atoms with Gasteiger partial charge in [-0.05, 0) is 43.0 Å². The van der Waals surface area contributed by atoms with Crippen LogP contribution < -0.4 is 0 Å². The number of nitrogens with zero attached hydrogens (tertiary/aromatic N) is 3. The molecule has 27 heavy (non-hydrogen) atoms. The largest absolute Gasteiger partial charge is 0.459 e. The first-order valence-corrected chi connectivity index (χ1v) is 8.79. The molecule has 1 aromatic carbocycles. The highest BCUT2D eigenvalue weighted by molar-refractivity contribution is 5.91. The number of fused-ring (bicyclic) bond motifs is 1. The molecule has 0 unspecified atom stereocenters. The van der Waals surface area contributed by atoms with E-state index in [2.05, 4.69) is 4.98 Å². The highest BCUT2D eigenvalue weighted by Gasteiger charge is 2.38. The van der Waals surface area contributed by atoms with Crippen LogP contribution in [0.25, 0.3) is 11.0 Å². The van der Waals surface area contributed by atoms with E-state index in [0.29, 0.717) is 37.0 Å². The Morgan fingerprint density at radius 3 is 2.56 bits per heavy atom. The summed E-state index contributed by atoms with van der Waals surface area (Å²) in [4.78, 5) is 17.8. The Morgan fingerprint density at radius 1 is 1.15 bits per heavy atom. The Balaban J connectivity index is 1.50. The first kappa shape index (κ1) is 17.6. The molecule has 4 rings (SSSR count). The first-order chi connectivity index (χ1) is 12.9. The molecule has 1 amide bonds. The normalized spacial score (nSPS) is 16.2. The molecule has 1 saturated heterocycles. The van der Waals surface area contributed by atoms with E-state index in [1.54, 1.807) is 41.3 Å². The van der Waals surface area contributed by atoms with Crippen molar-refractivity contribution in [1.29, 1.82) is 0 Å². The third kappa shape index (κ3) is 3.43. The van der Waals surface area contributed by atoms with Crippen molar-refractivity contribution in [2.24, 2.45) is 5.92 Å². The SMILES string of the molecule is O=C(c1ccco1)N1CCC(Cn2c(C(F)(F)F)nc3ccccc32)CC1. The number of imidazole rings is 1. The minimum absolute atomic E-state index is 0.0457. The number of piperidine rings is 1. The predicted octanol–water partition coefficient (Wildman–Crippen LogP) is 4.20. The number of likely N-dealkylation sites (tertiary alicyclic amines) is 1. The molecule has 1 aliphatic rings. The predicted molar refractivity (Wildman–Crippen MR) is 92.1 cm³/mol.